The fourth-order valence-corrected chi connectivity index (χ4v) is 5.53. The van der Waals surface area contributed by atoms with Gasteiger partial charge in [-0.15, -0.1) is 11.3 Å². The van der Waals surface area contributed by atoms with Crippen molar-refractivity contribution in [2.45, 2.75) is 13.3 Å². The van der Waals surface area contributed by atoms with E-state index in [0.29, 0.717) is 21.1 Å². The lowest BCUT2D eigenvalue weighted by Gasteiger charge is -2.04. The van der Waals surface area contributed by atoms with Crippen LogP contribution in [0.4, 0.5) is 16.5 Å². The number of pyridine rings is 1. The van der Waals surface area contributed by atoms with E-state index >= 15 is 0 Å². The molecule has 34 heavy (non-hydrogen) atoms. The number of fused-ring (bicyclic) bond motifs is 2. The van der Waals surface area contributed by atoms with Gasteiger partial charge >= 0.3 is 0 Å². The Morgan fingerprint density at radius 2 is 1.97 bits per heavy atom. The van der Waals surface area contributed by atoms with E-state index < -0.39 is 0 Å². The largest absolute Gasteiger partial charge is 0.497 e. The first-order chi connectivity index (χ1) is 16.6. The molecule has 0 spiro atoms. The lowest BCUT2D eigenvalue weighted by atomic mass is 10.1. The van der Waals surface area contributed by atoms with Crippen molar-refractivity contribution in [1.82, 2.24) is 9.97 Å². The summed E-state index contributed by atoms with van der Waals surface area (Å²) in [5.41, 5.74) is 10.1. The lowest BCUT2D eigenvalue weighted by molar-refractivity contribution is 0.103. The van der Waals surface area contributed by atoms with E-state index in [1.807, 2.05) is 54.6 Å². The topological polar surface area (TPSA) is 102 Å². The standard InChI is InChI=1S/C25H23N5O2S2/c1-3-11-27-25-30-19-9-7-15(13-20(19)33-25)28-23(31)22-21(26)17-8-10-18(29-24(17)34-22)14-5-4-6-16(12-14)32-2/h4-10,12-13H,3,11,26H2,1-2H3,(H,27,30)(H,28,31). The molecule has 0 saturated carbocycles. The number of aromatic nitrogens is 2. The molecule has 3 heterocycles. The van der Waals surface area contributed by atoms with Crippen molar-refractivity contribution in [2.75, 3.05) is 30.0 Å². The third-order valence-corrected chi connectivity index (χ3v) is 7.43. The van der Waals surface area contributed by atoms with E-state index in [-0.39, 0.29) is 5.91 Å². The highest BCUT2D eigenvalue weighted by molar-refractivity contribution is 7.22. The zero-order valence-electron chi connectivity index (χ0n) is 18.7. The second-order valence-electron chi connectivity index (χ2n) is 7.71. The number of rotatable bonds is 7. The quantitative estimate of drug-likeness (QED) is 0.250. The molecule has 7 nitrogen and oxygen atoms in total. The van der Waals surface area contributed by atoms with Gasteiger partial charge in [0.05, 0.1) is 28.7 Å². The number of hydrogen-bond donors (Lipinski definition) is 3. The van der Waals surface area contributed by atoms with E-state index in [1.165, 1.54) is 11.3 Å². The Bertz CT molecular complexity index is 1510. The molecule has 0 bridgehead atoms. The van der Waals surface area contributed by atoms with Gasteiger partial charge in [0, 0.05) is 23.2 Å². The molecule has 0 aliphatic rings. The summed E-state index contributed by atoms with van der Waals surface area (Å²) < 4.78 is 6.32. The van der Waals surface area contributed by atoms with E-state index in [1.54, 1.807) is 18.4 Å². The van der Waals surface area contributed by atoms with Gasteiger partial charge in [0.1, 0.15) is 15.5 Å². The van der Waals surface area contributed by atoms with Crippen LogP contribution in [0.1, 0.15) is 23.0 Å². The number of carbonyl (C=O) groups is 1. The van der Waals surface area contributed by atoms with Crippen LogP contribution in [0.15, 0.2) is 54.6 Å². The van der Waals surface area contributed by atoms with Gasteiger partial charge in [0.25, 0.3) is 5.91 Å². The van der Waals surface area contributed by atoms with Crippen LogP contribution in [0.3, 0.4) is 0 Å². The van der Waals surface area contributed by atoms with Gasteiger partial charge in [-0.3, -0.25) is 4.79 Å². The van der Waals surface area contributed by atoms with Crippen molar-refractivity contribution in [3.8, 4) is 17.0 Å². The van der Waals surface area contributed by atoms with E-state index in [0.717, 1.165) is 50.7 Å². The van der Waals surface area contributed by atoms with E-state index in [9.17, 15) is 4.79 Å². The first-order valence-corrected chi connectivity index (χ1v) is 12.5. The van der Waals surface area contributed by atoms with Gasteiger partial charge in [-0.1, -0.05) is 30.4 Å². The molecule has 1 amide bonds. The summed E-state index contributed by atoms with van der Waals surface area (Å²) in [5.74, 6) is 0.507. The molecule has 0 atom stereocenters. The number of hydrogen-bond acceptors (Lipinski definition) is 8. The average molecular weight is 490 g/mol. The molecule has 2 aromatic carbocycles. The number of carbonyl (C=O) groups excluding carboxylic acids is 1. The summed E-state index contributed by atoms with van der Waals surface area (Å²) in [5, 5.41) is 7.93. The fourth-order valence-electron chi connectivity index (χ4n) is 3.61. The molecule has 0 aliphatic heterocycles. The highest BCUT2D eigenvalue weighted by atomic mass is 32.1. The van der Waals surface area contributed by atoms with Crippen molar-refractivity contribution >= 4 is 65.5 Å². The lowest BCUT2D eigenvalue weighted by Crippen LogP contribution is -2.11. The molecule has 0 unspecified atom stereocenters. The summed E-state index contributed by atoms with van der Waals surface area (Å²) in [7, 11) is 1.63. The maximum absolute atomic E-state index is 13.1. The number of nitrogens with two attached hydrogens (primary N) is 1. The summed E-state index contributed by atoms with van der Waals surface area (Å²) in [6.07, 6.45) is 1.03. The predicted octanol–water partition coefficient (Wildman–Crippen LogP) is 6.24. The van der Waals surface area contributed by atoms with Crippen LogP contribution in [0.2, 0.25) is 0 Å². The number of nitrogens with one attached hydrogen (secondary N) is 2. The van der Waals surface area contributed by atoms with Crippen LogP contribution in [-0.2, 0) is 0 Å². The molecule has 0 aliphatic carbocycles. The molecule has 3 aromatic heterocycles. The van der Waals surface area contributed by atoms with Crippen LogP contribution in [0, 0.1) is 0 Å². The number of anilines is 3. The maximum atomic E-state index is 13.1. The molecule has 4 N–H and O–H groups in total. The van der Waals surface area contributed by atoms with E-state index in [2.05, 4.69) is 22.5 Å². The van der Waals surface area contributed by atoms with Crippen LogP contribution in [-0.4, -0.2) is 29.5 Å². The molecule has 5 rings (SSSR count). The molecule has 172 valence electrons. The van der Waals surface area contributed by atoms with Crippen LogP contribution in [0.25, 0.3) is 31.7 Å². The van der Waals surface area contributed by atoms with E-state index in [4.69, 9.17) is 15.5 Å². The van der Waals surface area contributed by atoms with Crippen molar-refractivity contribution in [1.29, 1.82) is 0 Å². The summed E-state index contributed by atoms with van der Waals surface area (Å²) in [4.78, 5) is 23.6. The molecule has 9 heteroatoms. The Hall–Kier alpha value is -3.69. The highest BCUT2D eigenvalue weighted by Gasteiger charge is 2.18. The number of methoxy groups -OCH3 is 1. The number of amides is 1. The van der Waals surface area contributed by atoms with Crippen LogP contribution < -0.4 is 21.1 Å². The Morgan fingerprint density at radius 1 is 1.09 bits per heavy atom. The van der Waals surface area contributed by atoms with Crippen molar-refractivity contribution < 1.29 is 9.53 Å². The van der Waals surface area contributed by atoms with Crippen molar-refractivity contribution in [2.24, 2.45) is 0 Å². The minimum atomic E-state index is -0.253. The van der Waals surface area contributed by atoms with Crippen molar-refractivity contribution in [3.05, 3.63) is 59.5 Å². The Labute approximate surface area is 204 Å². The molecule has 0 saturated heterocycles. The second kappa shape index (κ2) is 9.28. The van der Waals surface area contributed by atoms with Crippen molar-refractivity contribution in [3.63, 3.8) is 0 Å². The second-order valence-corrected chi connectivity index (χ2v) is 9.74. The molecular formula is C25H23N5O2S2. The third-order valence-electron chi connectivity index (χ3n) is 5.34. The normalized spacial score (nSPS) is 11.1. The maximum Gasteiger partial charge on any atom is 0.267 e. The number of benzene rings is 2. The summed E-state index contributed by atoms with van der Waals surface area (Å²) in [6, 6.07) is 17.2. The van der Waals surface area contributed by atoms with Gasteiger partial charge in [-0.25, -0.2) is 9.97 Å². The van der Waals surface area contributed by atoms with Gasteiger partial charge in [-0.2, -0.15) is 0 Å². The first-order valence-electron chi connectivity index (χ1n) is 10.8. The van der Waals surface area contributed by atoms with Gasteiger partial charge in [-0.05, 0) is 48.9 Å². The minimum absolute atomic E-state index is 0.253. The van der Waals surface area contributed by atoms with Crippen LogP contribution in [0.5, 0.6) is 5.75 Å². The zero-order valence-corrected chi connectivity index (χ0v) is 20.3. The Morgan fingerprint density at radius 3 is 2.79 bits per heavy atom. The number of nitrogens with zero attached hydrogens (tertiary/aromatic N) is 2. The molecule has 0 radical (unpaired) electrons. The zero-order chi connectivity index (χ0) is 23.7. The number of nitrogen functional groups attached to an aromatic ring is 1. The smallest absolute Gasteiger partial charge is 0.267 e. The Kier molecular flexibility index (Phi) is 6.04. The third kappa shape index (κ3) is 4.27. The summed E-state index contributed by atoms with van der Waals surface area (Å²) in [6.45, 7) is 2.99. The summed E-state index contributed by atoms with van der Waals surface area (Å²) >= 11 is 2.86. The minimum Gasteiger partial charge on any atom is -0.497 e. The monoisotopic (exact) mass is 489 g/mol. The molecule has 0 fully saturated rings. The first kappa shape index (κ1) is 22.1. The average Bonchev–Trinajstić information content (AvgIpc) is 3.42. The van der Waals surface area contributed by atoms with Gasteiger partial charge < -0.3 is 21.1 Å². The molecule has 5 aromatic rings. The number of thiophene rings is 1. The van der Waals surface area contributed by atoms with Gasteiger partial charge in [0.2, 0.25) is 0 Å². The number of ether oxygens (including phenoxy) is 1. The number of thiazole rings is 1. The SMILES string of the molecule is CCCNc1nc2ccc(NC(=O)c3sc4nc(-c5cccc(OC)c5)ccc4c3N)cc2s1. The highest BCUT2D eigenvalue weighted by Crippen LogP contribution is 2.35. The van der Waals surface area contributed by atoms with Crippen LogP contribution >= 0.6 is 22.7 Å². The van der Waals surface area contributed by atoms with Gasteiger partial charge in [0.15, 0.2) is 5.13 Å². The Balaban J connectivity index is 1.41. The molecular weight excluding hydrogens is 466 g/mol. The predicted molar refractivity (Wildman–Crippen MR) is 142 cm³/mol. The fraction of sp³-hybridized carbons (Fsp3) is 0.160.